The Morgan fingerprint density at radius 2 is 1.68 bits per heavy atom. The first-order valence-electron chi connectivity index (χ1n) is 20.0. The fourth-order valence-electron chi connectivity index (χ4n) is 7.77. The van der Waals surface area contributed by atoms with Crippen molar-refractivity contribution in [1.82, 2.24) is 35.2 Å². The molecule has 1 unspecified atom stereocenters. The summed E-state index contributed by atoms with van der Waals surface area (Å²) in [6, 6.07) is 13.9. The van der Waals surface area contributed by atoms with E-state index < -0.39 is 92.3 Å². The van der Waals surface area contributed by atoms with Crippen molar-refractivity contribution in [2.24, 2.45) is 16.7 Å². The maximum absolute atomic E-state index is 14.8. The van der Waals surface area contributed by atoms with E-state index in [2.05, 4.69) is 16.7 Å². The van der Waals surface area contributed by atoms with Crippen LogP contribution in [0, 0.1) is 16.7 Å². The number of benzene rings is 2. The SMILES string of the molecule is CC1(C)CC/C=C/c2cccc(c2)-c2nn(nc2-c2ccccc2)C2C[C@@H](C(=O)N[C@@]3(C(=O)NS(=O)(=O)C4CC4)C[C@H]3C(F)F)N(C2)C(=O)[C@H](C(C)(C)C)NC(=O)OC1. The maximum atomic E-state index is 14.8. The van der Waals surface area contributed by atoms with Gasteiger partial charge in [0.15, 0.2) is 0 Å². The predicted octanol–water partition coefficient (Wildman–Crippen LogP) is 5.48. The number of amides is 4. The number of hydrogen-bond donors (Lipinski definition) is 3. The molecule has 6 bridgehead atoms. The Balaban J connectivity index is 1.30. The zero-order valence-electron chi connectivity index (χ0n) is 33.8. The number of fused-ring (bicyclic) bond motifs is 8. The lowest BCUT2D eigenvalue weighted by Crippen LogP contribution is -2.60. The van der Waals surface area contributed by atoms with Gasteiger partial charge in [0.1, 0.15) is 29.0 Å². The van der Waals surface area contributed by atoms with Crippen LogP contribution < -0.4 is 15.4 Å². The standard InChI is InChI=1S/C42H51F2N7O7S/c1-40(2,3)34-37(53)50-23-28(21-31(50)36(52)46-42(22-30(42)35(43)44)38(54)49-59(56,57)29-17-18-29)51-47-32(26-14-7-6-8-15-26)33(48-51)27-16-11-13-25(20-27)12-9-10-19-41(4,5)24-58-39(55)45-34/h6-9,11-16,20,28-31,34-35H,10,17-19,21-24H2,1-5H3,(H,45,55)(H,46,52)(H,49,54)/b12-9+/t28?,30-,31-,34+,42-/m0/s1. The van der Waals surface area contributed by atoms with Gasteiger partial charge < -0.3 is 20.3 Å². The quantitative estimate of drug-likeness (QED) is 0.278. The van der Waals surface area contributed by atoms with Crippen LogP contribution in [0.2, 0.25) is 0 Å². The molecule has 5 atom stereocenters. The number of cyclic esters (lactones) is 1. The lowest BCUT2D eigenvalue weighted by Gasteiger charge is -2.35. The number of halogens is 2. The summed E-state index contributed by atoms with van der Waals surface area (Å²) in [7, 11) is -4.14. The predicted molar refractivity (Wildman–Crippen MR) is 215 cm³/mol. The van der Waals surface area contributed by atoms with E-state index in [0.717, 1.165) is 16.7 Å². The molecule has 1 saturated heterocycles. The minimum absolute atomic E-state index is 0.0599. The van der Waals surface area contributed by atoms with Crippen LogP contribution in [0.5, 0.6) is 0 Å². The van der Waals surface area contributed by atoms with Crippen LogP contribution in [0.4, 0.5) is 13.6 Å². The molecule has 2 aromatic carbocycles. The van der Waals surface area contributed by atoms with Gasteiger partial charge in [0.2, 0.25) is 28.3 Å². The Kier molecular flexibility index (Phi) is 11.2. The number of alkyl carbamates (subject to hydrolysis) is 1. The Bertz CT molecular complexity index is 2250. The Morgan fingerprint density at radius 3 is 2.32 bits per heavy atom. The minimum atomic E-state index is -4.14. The second-order valence-electron chi connectivity index (χ2n) is 18.0. The average Bonchev–Trinajstić information content (AvgIpc) is 4.08. The number of sulfonamides is 1. The molecular formula is C42H51F2N7O7S. The van der Waals surface area contributed by atoms with Crippen molar-refractivity contribution in [2.45, 2.75) is 108 Å². The summed E-state index contributed by atoms with van der Waals surface area (Å²) in [5.74, 6) is -4.50. The van der Waals surface area contributed by atoms with Gasteiger partial charge in [-0.25, -0.2) is 22.0 Å². The first-order chi connectivity index (χ1) is 27.8. The first kappa shape index (κ1) is 42.0. The molecule has 316 valence electrons. The largest absolute Gasteiger partial charge is 0.449 e. The second-order valence-corrected chi connectivity index (χ2v) is 20.0. The monoisotopic (exact) mass is 835 g/mol. The lowest BCUT2D eigenvalue weighted by molar-refractivity contribution is -0.143. The second kappa shape index (κ2) is 15.8. The molecule has 3 N–H and O–H groups in total. The first-order valence-corrected chi connectivity index (χ1v) is 21.5. The van der Waals surface area contributed by atoms with Gasteiger partial charge in [0, 0.05) is 24.1 Å². The fourth-order valence-corrected chi connectivity index (χ4v) is 9.14. The van der Waals surface area contributed by atoms with Crippen molar-refractivity contribution < 1.29 is 41.1 Å². The van der Waals surface area contributed by atoms with Crippen LogP contribution in [0.15, 0.2) is 60.7 Å². The molecule has 1 aromatic heterocycles. The number of alkyl halides is 2. The molecule has 3 fully saturated rings. The highest BCUT2D eigenvalue weighted by molar-refractivity contribution is 7.91. The number of aromatic nitrogens is 3. The number of carbonyl (C=O) groups is 4. The molecule has 4 aliphatic rings. The topological polar surface area (TPSA) is 182 Å². The molecule has 0 radical (unpaired) electrons. The number of carbonyl (C=O) groups excluding carboxylic acids is 4. The van der Waals surface area contributed by atoms with Gasteiger partial charge in [-0.2, -0.15) is 15.0 Å². The number of ether oxygens (including phenoxy) is 1. The zero-order valence-corrected chi connectivity index (χ0v) is 34.6. The highest BCUT2D eigenvalue weighted by atomic mass is 32.2. The molecule has 0 spiro atoms. The van der Waals surface area contributed by atoms with Gasteiger partial charge in [-0.15, -0.1) is 0 Å². The van der Waals surface area contributed by atoms with Gasteiger partial charge in [-0.05, 0) is 54.6 Å². The van der Waals surface area contributed by atoms with E-state index in [4.69, 9.17) is 14.9 Å². The summed E-state index contributed by atoms with van der Waals surface area (Å²) in [6.45, 7) is 9.10. The van der Waals surface area contributed by atoms with Crippen LogP contribution in [0.3, 0.4) is 0 Å². The van der Waals surface area contributed by atoms with Crippen molar-refractivity contribution >= 4 is 39.9 Å². The fraction of sp³-hybridized carbons (Fsp3) is 0.524. The molecule has 2 aliphatic heterocycles. The van der Waals surface area contributed by atoms with Gasteiger partial charge in [-0.3, -0.25) is 19.1 Å². The van der Waals surface area contributed by atoms with Crippen LogP contribution in [0.25, 0.3) is 28.6 Å². The third-order valence-electron chi connectivity index (χ3n) is 11.6. The van der Waals surface area contributed by atoms with E-state index in [-0.39, 0.29) is 19.6 Å². The number of nitrogens with one attached hydrogen (secondary N) is 3. The van der Waals surface area contributed by atoms with Crippen LogP contribution in [-0.4, -0.2) is 94.6 Å². The number of allylic oxidation sites excluding steroid dienone is 1. The third-order valence-corrected chi connectivity index (χ3v) is 13.4. The van der Waals surface area contributed by atoms with Crippen molar-refractivity contribution in [3.8, 4) is 22.5 Å². The third kappa shape index (κ3) is 9.04. The van der Waals surface area contributed by atoms with E-state index in [1.54, 1.807) is 20.8 Å². The van der Waals surface area contributed by atoms with Gasteiger partial charge in [0.05, 0.1) is 23.8 Å². The molecule has 3 aromatic rings. The van der Waals surface area contributed by atoms with Crippen LogP contribution in [0.1, 0.15) is 84.7 Å². The molecule has 14 nitrogen and oxygen atoms in total. The van der Waals surface area contributed by atoms with E-state index in [0.29, 0.717) is 37.1 Å². The van der Waals surface area contributed by atoms with E-state index in [1.165, 1.54) is 9.70 Å². The van der Waals surface area contributed by atoms with E-state index in [9.17, 15) is 36.4 Å². The highest BCUT2D eigenvalue weighted by Gasteiger charge is 2.67. The Morgan fingerprint density at radius 1 is 1.00 bits per heavy atom. The molecule has 2 saturated carbocycles. The van der Waals surface area contributed by atoms with Gasteiger partial charge in [-0.1, -0.05) is 95.3 Å². The molecule has 3 heterocycles. The number of hydrogen-bond acceptors (Lipinski definition) is 9. The number of nitrogens with zero attached hydrogens (tertiary/aromatic N) is 4. The average molecular weight is 836 g/mol. The molecule has 7 rings (SSSR count). The minimum Gasteiger partial charge on any atom is -0.449 e. The summed E-state index contributed by atoms with van der Waals surface area (Å²) in [5, 5.41) is 14.3. The lowest BCUT2D eigenvalue weighted by atomic mass is 9.85. The summed E-state index contributed by atoms with van der Waals surface area (Å²) in [4.78, 5) is 58.8. The molecule has 4 amide bonds. The molecule has 59 heavy (non-hydrogen) atoms. The summed E-state index contributed by atoms with van der Waals surface area (Å²) >= 11 is 0. The van der Waals surface area contributed by atoms with Crippen molar-refractivity contribution in [2.75, 3.05) is 13.2 Å². The van der Waals surface area contributed by atoms with Gasteiger partial charge >= 0.3 is 6.09 Å². The van der Waals surface area contributed by atoms with Crippen molar-refractivity contribution in [3.05, 3.63) is 66.2 Å². The summed E-state index contributed by atoms with van der Waals surface area (Å²) < 4.78 is 61.6. The normalized spacial score (nSPS) is 26.7. The van der Waals surface area contributed by atoms with Crippen molar-refractivity contribution in [3.63, 3.8) is 0 Å². The van der Waals surface area contributed by atoms with Crippen molar-refractivity contribution in [1.29, 1.82) is 0 Å². The molecular weight excluding hydrogens is 785 g/mol. The Hall–Kier alpha value is -5.19. The molecule has 2 aliphatic carbocycles. The maximum Gasteiger partial charge on any atom is 0.407 e. The van der Waals surface area contributed by atoms with E-state index >= 15 is 0 Å². The van der Waals surface area contributed by atoms with Crippen LogP contribution >= 0.6 is 0 Å². The zero-order chi connectivity index (χ0) is 42.5. The van der Waals surface area contributed by atoms with Gasteiger partial charge in [0.25, 0.3) is 5.91 Å². The Labute approximate surface area is 342 Å². The number of rotatable bonds is 7. The summed E-state index contributed by atoms with van der Waals surface area (Å²) in [6.07, 6.45) is 1.64. The van der Waals surface area contributed by atoms with E-state index in [1.807, 2.05) is 79.2 Å². The highest BCUT2D eigenvalue weighted by Crippen LogP contribution is 2.49. The summed E-state index contributed by atoms with van der Waals surface area (Å²) in [5.41, 5.74) is 0.0148. The smallest absolute Gasteiger partial charge is 0.407 e. The van der Waals surface area contributed by atoms with Crippen LogP contribution in [-0.2, 0) is 29.1 Å². The molecule has 17 heteroatoms.